The Morgan fingerprint density at radius 3 is 2.37 bits per heavy atom. The minimum Gasteiger partial charge on any atom is -0.448 e. The summed E-state index contributed by atoms with van der Waals surface area (Å²) in [4.78, 5) is 9.40. The molecule has 7 aromatic rings. The first-order chi connectivity index (χ1) is 20.4. The number of benzene rings is 3. The first-order valence-electron chi connectivity index (χ1n) is 13.5. The Labute approximate surface area is 240 Å². The van der Waals surface area contributed by atoms with Crippen LogP contribution in [-0.2, 0) is 5.66 Å². The minimum absolute atomic E-state index is 0.721. The van der Waals surface area contributed by atoms with Crippen molar-refractivity contribution in [2.45, 2.75) is 5.66 Å². The molecule has 0 saturated heterocycles. The van der Waals surface area contributed by atoms with Gasteiger partial charge in [0.2, 0.25) is 5.88 Å². The molecular formula is C34H25N5OS. The number of aromatic nitrogens is 3. The van der Waals surface area contributed by atoms with Crippen LogP contribution in [0.3, 0.4) is 0 Å². The molecule has 1 unspecified atom stereocenters. The third-order valence-electron chi connectivity index (χ3n) is 7.71. The molecule has 4 aromatic heterocycles. The number of nitrogens with zero attached hydrogens (tertiary/aromatic N) is 3. The van der Waals surface area contributed by atoms with Crippen molar-refractivity contribution in [2.75, 3.05) is 9.80 Å². The third-order valence-corrected chi connectivity index (χ3v) is 8.59. The number of aromatic amines is 2. The Morgan fingerprint density at radius 1 is 0.732 bits per heavy atom. The standard InChI is InChI=1S/C34H25N5OS/c1-2-12-25(13-3-1)38-32(28-16-7-20-35-28)33(29-17-9-23-41-29)39(31-18-8-22-40-31)34(38,30-19-21-36-37-30)27-15-6-11-24-10-4-5-14-26(24)27/h1-23,35H,(H,36,37). The Balaban J connectivity index is 1.61. The van der Waals surface area contributed by atoms with E-state index in [0.29, 0.717) is 0 Å². The zero-order valence-electron chi connectivity index (χ0n) is 21.9. The Hall–Kier alpha value is -5.27. The van der Waals surface area contributed by atoms with Gasteiger partial charge in [-0.25, -0.2) is 0 Å². The van der Waals surface area contributed by atoms with Gasteiger partial charge in [0.25, 0.3) is 0 Å². The van der Waals surface area contributed by atoms with E-state index in [1.54, 1.807) is 17.6 Å². The quantitative estimate of drug-likeness (QED) is 0.218. The van der Waals surface area contributed by atoms with Crippen LogP contribution in [0.5, 0.6) is 0 Å². The zero-order valence-corrected chi connectivity index (χ0v) is 22.8. The lowest BCUT2D eigenvalue weighted by Crippen LogP contribution is -2.53. The number of H-pyrrole nitrogens is 2. The van der Waals surface area contributed by atoms with Crippen LogP contribution in [0.1, 0.15) is 21.8 Å². The smallest absolute Gasteiger partial charge is 0.202 e. The molecule has 1 atom stereocenters. The van der Waals surface area contributed by atoms with E-state index in [4.69, 9.17) is 4.42 Å². The summed E-state index contributed by atoms with van der Waals surface area (Å²) in [6, 6.07) is 40.1. The first kappa shape index (κ1) is 23.6. The van der Waals surface area contributed by atoms with E-state index in [2.05, 4.69) is 127 Å². The molecule has 6 nitrogen and oxygen atoms in total. The summed E-state index contributed by atoms with van der Waals surface area (Å²) < 4.78 is 6.31. The van der Waals surface area contributed by atoms with Gasteiger partial charge in [-0.15, -0.1) is 11.3 Å². The summed E-state index contributed by atoms with van der Waals surface area (Å²) in [6.07, 6.45) is 5.54. The fraction of sp³-hybridized carbons (Fsp3) is 0.0294. The lowest BCUT2D eigenvalue weighted by atomic mass is 9.87. The maximum atomic E-state index is 6.31. The molecule has 0 aliphatic carbocycles. The van der Waals surface area contributed by atoms with Crippen LogP contribution < -0.4 is 9.80 Å². The number of fused-ring (bicyclic) bond motifs is 1. The lowest BCUT2D eigenvalue weighted by Gasteiger charge is -2.46. The number of hydrogen-bond donors (Lipinski definition) is 2. The number of rotatable bonds is 6. The summed E-state index contributed by atoms with van der Waals surface area (Å²) in [5, 5.41) is 12.3. The highest BCUT2D eigenvalue weighted by molar-refractivity contribution is 7.11. The van der Waals surface area contributed by atoms with E-state index in [0.717, 1.165) is 55.6 Å². The van der Waals surface area contributed by atoms with Crippen LogP contribution in [0.15, 0.2) is 144 Å². The van der Waals surface area contributed by atoms with E-state index in [-0.39, 0.29) is 0 Å². The number of hydrogen-bond acceptors (Lipinski definition) is 5. The lowest BCUT2D eigenvalue weighted by molar-refractivity contribution is 0.484. The average molecular weight is 552 g/mol. The molecule has 1 aliphatic rings. The van der Waals surface area contributed by atoms with Gasteiger partial charge in [-0.05, 0) is 58.6 Å². The first-order valence-corrected chi connectivity index (χ1v) is 14.3. The fourth-order valence-corrected chi connectivity index (χ4v) is 6.93. The van der Waals surface area contributed by atoms with E-state index >= 15 is 0 Å². The minimum atomic E-state index is -0.948. The summed E-state index contributed by atoms with van der Waals surface area (Å²) in [6.45, 7) is 0. The molecule has 41 heavy (non-hydrogen) atoms. The average Bonchev–Trinajstić information content (AvgIpc) is 3.86. The number of nitrogens with one attached hydrogen (secondary N) is 2. The molecular weight excluding hydrogens is 526 g/mol. The van der Waals surface area contributed by atoms with Gasteiger partial charge in [-0.1, -0.05) is 66.7 Å². The maximum Gasteiger partial charge on any atom is 0.202 e. The molecule has 5 heterocycles. The van der Waals surface area contributed by atoms with Gasteiger partial charge < -0.3 is 14.3 Å². The topological polar surface area (TPSA) is 64.1 Å². The van der Waals surface area contributed by atoms with E-state index in [1.807, 2.05) is 30.6 Å². The van der Waals surface area contributed by atoms with Crippen LogP contribution in [0.4, 0.5) is 11.6 Å². The number of para-hydroxylation sites is 1. The van der Waals surface area contributed by atoms with Crippen molar-refractivity contribution in [1.82, 2.24) is 15.2 Å². The van der Waals surface area contributed by atoms with E-state index in [1.165, 1.54) is 0 Å². The fourth-order valence-electron chi connectivity index (χ4n) is 6.17. The van der Waals surface area contributed by atoms with Gasteiger partial charge >= 0.3 is 0 Å². The molecule has 2 N–H and O–H groups in total. The zero-order chi connectivity index (χ0) is 27.2. The molecule has 0 saturated carbocycles. The molecule has 8 rings (SSSR count). The van der Waals surface area contributed by atoms with Crippen molar-refractivity contribution in [3.8, 4) is 0 Å². The van der Waals surface area contributed by atoms with Crippen molar-refractivity contribution in [2.24, 2.45) is 0 Å². The highest BCUT2D eigenvalue weighted by Crippen LogP contribution is 2.58. The van der Waals surface area contributed by atoms with Crippen molar-refractivity contribution >= 4 is 45.1 Å². The highest BCUT2D eigenvalue weighted by atomic mass is 32.1. The van der Waals surface area contributed by atoms with Crippen LogP contribution >= 0.6 is 11.3 Å². The van der Waals surface area contributed by atoms with Gasteiger partial charge in [0.05, 0.1) is 33.9 Å². The second kappa shape index (κ2) is 9.43. The molecule has 7 heteroatoms. The van der Waals surface area contributed by atoms with Crippen LogP contribution in [0.25, 0.3) is 22.2 Å². The Bertz CT molecular complexity index is 1940. The molecule has 198 valence electrons. The Kier molecular flexibility index (Phi) is 5.43. The van der Waals surface area contributed by atoms with E-state index in [9.17, 15) is 0 Å². The second-order valence-corrected chi connectivity index (χ2v) is 10.8. The normalized spacial score (nSPS) is 17.2. The van der Waals surface area contributed by atoms with Gasteiger partial charge in [-0.2, -0.15) is 5.10 Å². The van der Waals surface area contributed by atoms with Crippen LogP contribution in [-0.4, -0.2) is 15.2 Å². The van der Waals surface area contributed by atoms with Crippen LogP contribution in [0, 0.1) is 0 Å². The summed E-state index contributed by atoms with van der Waals surface area (Å²) >= 11 is 1.71. The molecule has 0 fully saturated rings. The highest BCUT2D eigenvalue weighted by Gasteiger charge is 2.58. The van der Waals surface area contributed by atoms with Crippen molar-refractivity contribution in [3.05, 3.63) is 161 Å². The van der Waals surface area contributed by atoms with E-state index < -0.39 is 5.66 Å². The summed E-state index contributed by atoms with van der Waals surface area (Å²) in [5.74, 6) is 0.721. The molecule has 0 spiro atoms. The van der Waals surface area contributed by atoms with Crippen molar-refractivity contribution < 1.29 is 4.42 Å². The largest absolute Gasteiger partial charge is 0.448 e. The maximum absolute atomic E-state index is 6.31. The molecule has 0 radical (unpaired) electrons. The number of anilines is 2. The van der Waals surface area contributed by atoms with Gasteiger partial charge in [0.15, 0.2) is 5.66 Å². The predicted molar refractivity (Wildman–Crippen MR) is 165 cm³/mol. The van der Waals surface area contributed by atoms with Gasteiger partial charge in [-0.3, -0.25) is 10.00 Å². The predicted octanol–water partition coefficient (Wildman–Crippen LogP) is 8.30. The molecule has 3 aromatic carbocycles. The third kappa shape index (κ3) is 3.46. The van der Waals surface area contributed by atoms with Crippen molar-refractivity contribution in [1.29, 1.82) is 0 Å². The SMILES string of the molecule is c1ccc(N2C(c3ccc[nH]3)=C(c3cccs3)N(c3ccco3)C2(c2ccn[nH]2)c2cccc3ccccc23)cc1. The summed E-state index contributed by atoms with van der Waals surface area (Å²) in [5.41, 5.74) is 5.14. The van der Waals surface area contributed by atoms with Crippen LogP contribution in [0.2, 0.25) is 0 Å². The number of furan rings is 1. The molecule has 0 amide bonds. The van der Waals surface area contributed by atoms with Gasteiger partial charge in [0, 0.05) is 29.7 Å². The monoisotopic (exact) mass is 551 g/mol. The van der Waals surface area contributed by atoms with Gasteiger partial charge in [0.1, 0.15) is 0 Å². The summed E-state index contributed by atoms with van der Waals surface area (Å²) in [7, 11) is 0. The van der Waals surface area contributed by atoms with Crippen molar-refractivity contribution in [3.63, 3.8) is 0 Å². The molecule has 0 bridgehead atoms. The second-order valence-electron chi connectivity index (χ2n) is 9.89. The Morgan fingerprint density at radius 2 is 1.61 bits per heavy atom. The number of thiophene rings is 1. The molecule has 1 aliphatic heterocycles.